The predicted octanol–water partition coefficient (Wildman–Crippen LogP) is 5.07. The van der Waals surface area contributed by atoms with E-state index in [1.165, 1.54) is 36.1 Å². The summed E-state index contributed by atoms with van der Waals surface area (Å²) in [5.74, 6) is -0.917. The first-order valence-corrected chi connectivity index (χ1v) is 10.7. The standard InChI is InChI=1S/C21H19FN2O3S2/c1-13-7-8-15(9-18(13)22)24-20(25)14(2)27-21(26)17-5-3-4-6-19(17)29-11-16-10-28-12-23-16/h3-10,12,14H,11H2,1-2H3,(H,24,25)/t14-/m1/s1. The van der Waals surface area contributed by atoms with Crippen molar-refractivity contribution in [2.45, 2.75) is 30.6 Å². The molecule has 1 atom stereocenters. The van der Waals surface area contributed by atoms with Crippen LogP contribution in [0.15, 0.2) is 58.3 Å². The Kier molecular flexibility index (Phi) is 7.00. The van der Waals surface area contributed by atoms with Crippen LogP contribution in [0.1, 0.15) is 28.5 Å². The molecule has 5 nitrogen and oxygen atoms in total. The van der Waals surface area contributed by atoms with Crippen molar-refractivity contribution < 1.29 is 18.7 Å². The van der Waals surface area contributed by atoms with Gasteiger partial charge in [0, 0.05) is 21.7 Å². The highest BCUT2D eigenvalue weighted by atomic mass is 32.2. The largest absolute Gasteiger partial charge is 0.449 e. The molecule has 0 saturated heterocycles. The van der Waals surface area contributed by atoms with E-state index in [0.717, 1.165) is 10.6 Å². The molecule has 29 heavy (non-hydrogen) atoms. The van der Waals surface area contributed by atoms with Crippen LogP contribution in [-0.4, -0.2) is 23.0 Å². The lowest BCUT2D eigenvalue weighted by atomic mass is 10.2. The van der Waals surface area contributed by atoms with Gasteiger partial charge in [-0.3, -0.25) is 4.79 Å². The summed E-state index contributed by atoms with van der Waals surface area (Å²) in [6.07, 6.45) is -1.04. The summed E-state index contributed by atoms with van der Waals surface area (Å²) in [4.78, 5) is 29.9. The van der Waals surface area contributed by atoms with Gasteiger partial charge in [-0.15, -0.1) is 23.1 Å². The van der Waals surface area contributed by atoms with E-state index in [9.17, 15) is 14.0 Å². The van der Waals surface area contributed by atoms with Crippen LogP contribution in [-0.2, 0) is 15.3 Å². The van der Waals surface area contributed by atoms with Gasteiger partial charge in [-0.25, -0.2) is 14.2 Å². The number of amides is 1. The second-order valence-corrected chi connectivity index (χ2v) is 8.00. The molecule has 3 rings (SSSR count). The number of nitrogens with zero attached hydrogens (tertiary/aromatic N) is 1. The number of carbonyl (C=O) groups is 2. The Morgan fingerprint density at radius 2 is 2.07 bits per heavy atom. The molecule has 1 heterocycles. The van der Waals surface area contributed by atoms with Gasteiger partial charge in [0.1, 0.15) is 5.82 Å². The minimum absolute atomic E-state index is 0.306. The summed E-state index contributed by atoms with van der Waals surface area (Å²) in [7, 11) is 0. The van der Waals surface area contributed by atoms with Crippen LogP contribution in [0.3, 0.4) is 0 Å². The van der Waals surface area contributed by atoms with E-state index in [2.05, 4.69) is 10.3 Å². The molecule has 0 aliphatic carbocycles. The second kappa shape index (κ2) is 9.67. The molecule has 1 aromatic heterocycles. The smallest absolute Gasteiger partial charge is 0.340 e. The van der Waals surface area contributed by atoms with Crippen molar-refractivity contribution in [3.8, 4) is 0 Å². The number of benzene rings is 2. The van der Waals surface area contributed by atoms with Gasteiger partial charge in [0.25, 0.3) is 5.91 Å². The molecule has 0 bridgehead atoms. The maximum Gasteiger partial charge on any atom is 0.340 e. The molecule has 0 aliphatic heterocycles. The number of esters is 1. The van der Waals surface area contributed by atoms with Crippen LogP contribution in [0.25, 0.3) is 0 Å². The molecular weight excluding hydrogens is 411 g/mol. The molecule has 8 heteroatoms. The Morgan fingerprint density at radius 3 is 2.79 bits per heavy atom. The van der Waals surface area contributed by atoms with E-state index in [-0.39, 0.29) is 0 Å². The van der Waals surface area contributed by atoms with Crippen molar-refractivity contribution in [3.63, 3.8) is 0 Å². The third-order valence-corrected chi connectivity index (χ3v) is 5.80. The van der Waals surface area contributed by atoms with Crippen LogP contribution >= 0.6 is 23.1 Å². The van der Waals surface area contributed by atoms with Crippen LogP contribution in [0.5, 0.6) is 0 Å². The monoisotopic (exact) mass is 430 g/mol. The Balaban J connectivity index is 1.63. The van der Waals surface area contributed by atoms with E-state index in [4.69, 9.17) is 4.74 Å². The molecule has 1 N–H and O–H groups in total. The lowest BCUT2D eigenvalue weighted by Crippen LogP contribution is -2.30. The number of rotatable bonds is 7. The topological polar surface area (TPSA) is 68.3 Å². The first-order chi connectivity index (χ1) is 13.9. The fourth-order valence-corrected chi connectivity index (χ4v) is 4.02. The van der Waals surface area contributed by atoms with E-state index in [1.54, 1.807) is 36.7 Å². The molecule has 0 fully saturated rings. The Hall–Kier alpha value is -2.71. The minimum Gasteiger partial charge on any atom is -0.449 e. The maximum atomic E-state index is 13.6. The van der Waals surface area contributed by atoms with E-state index in [1.807, 2.05) is 17.5 Å². The average molecular weight is 431 g/mol. The number of hydrogen-bond acceptors (Lipinski definition) is 6. The van der Waals surface area contributed by atoms with Gasteiger partial charge in [-0.1, -0.05) is 18.2 Å². The van der Waals surface area contributed by atoms with Crippen molar-refractivity contribution >= 4 is 40.7 Å². The second-order valence-electron chi connectivity index (χ2n) is 6.27. The molecule has 0 unspecified atom stereocenters. The highest BCUT2D eigenvalue weighted by Crippen LogP contribution is 2.27. The number of anilines is 1. The van der Waals surface area contributed by atoms with Crippen molar-refractivity contribution in [2.24, 2.45) is 0 Å². The Morgan fingerprint density at radius 1 is 1.28 bits per heavy atom. The van der Waals surface area contributed by atoms with Crippen LogP contribution in [0.2, 0.25) is 0 Å². The Labute approximate surface area is 176 Å². The number of thioether (sulfide) groups is 1. The zero-order valence-corrected chi connectivity index (χ0v) is 17.5. The lowest BCUT2D eigenvalue weighted by Gasteiger charge is -2.15. The lowest BCUT2D eigenvalue weighted by molar-refractivity contribution is -0.123. The normalized spacial score (nSPS) is 11.7. The number of ether oxygens (including phenoxy) is 1. The van der Waals surface area contributed by atoms with Crippen molar-refractivity contribution in [3.05, 3.63) is 76.0 Å². The number of aryl methyl sites for hydroxylation is 1. The number of halogens is 1. The molecule has 1 amide bonds. The maximum absolute atomic E-state index is 13.6. The van der Waals surface area contributed by atoms with E-state index < -0.39 is 23.8 Å². The van der Waals surface area contributed by atoms with Crippen LogP contribution in [0.4, 0.5) is 10.1 Å². The molecule has 3 aromatic rings. The number of nitrogens with one attached hydrogen (secondary N) is 1. The average Bonchev–Trinajstić information content (AvgIpc) is 3.23. The molecular formula is C21H19FN2O3S2. The molecule has 2 aromatic carbocycles. The van der Waals surface area contributed by atoms with Crippen molar-refractivity contribution in [1.82, 2.24) is 4.98 Å². The van der Waals surface area contributed by atoms with Crippen LogP contribution in [0, 0.1) is 12.7 Å². The predicted molar refractivity (Wildman–Crippen MR) is 113 cm³/mol. The summed E-state index contributed by atoms with van der Waals surface area (Å²) in [6, 6.07) is 11.4. The van der Waals surface area contributed by atoms with E-state index in [0.29, 0.717) is 22.6 Å². The van der Waals surface area contributed by atoms with Gasteiger partial charge >= 0.3 is 5.97 Å². The van der Waals surface area contributed by atoms with Gasteiger partial charge in [0.15, 0.2) is 6.10 Å². The number of carbonyl (C=O) groups excluding carboxylic acids is 2. The van der Waals surface area contributed by atoms with Gasteiger partial charge < -0.3 is 10.1 Å². The molecule has 0 saturated carbocycles. The summed E-state index contributed by atoms with van der Waals surface area (Å²) < 4.78 is 19.0. The van der Waals surface area contributed by atoms with E-state index >= 15 is 0 Å². The fourth-order valence-electron chi connectivity index (χ4n) is 2.41. The molecule has 0 spiro atoms. The summed E-state index contributed by atoms with van der Waals surface area (Å²) in [5.41, 5.74) is 3.86. The minimum atomic E-state index is -1.04. The van der Waals surface area contributed by atoms with Gasteiger partial charge in [0.2, 0.25) is 0 Å². The highest BCUT2D eigenvalue weighted by molar-refractivity contribution is 7.98. The van der Waals surface area contributed by atoms with Gasteiger partial charge in [-0.05, 0) is 43.7 Å². The molecule has 0 radical (unpaired) electrons. The van der Waals surface area contributed by atoms with Gasteiger partial charge in [0.05, 0.1) is 16.8 Å². The van der Waals surface area contributed by atoms with Gasteiger partial charge in [-0.2, -0.15) is 0 Å². The first kappa shape index (κ1) is 21.0. The fraction of sp³-hybridized carbons (Fsp3) is 0.190. The SMILES string of the molecule is Cc1ccc(NC(=O)[C@@H](C)OC(=O)c2ccccc2SCc2cscn2)cc1F. The number of hydrogen-bond donors (Lipinski definition) is 1. The third-order valence-electron chi connectivity index (χ3n) is 4.06. The van der Waals surface area contributed by atoms with Crippen LogP contribution < -0.4 is 5.32 Å². The Bertz CT molecular complexity index is 1010. The zero-order valence-electron chi connectivity index (χ0n) is 15.8. The summed E-state index contributed by atoms with van der Waals surface area (Å²) >= 11 is 2.99. The van der Waals surface area contributed by atoms with Crippen molar-refractivity contribution in [2.75, 3.05) is 5.32 Å². The number of aromatic nitrogens is 1. The summed E-state index contributed by atoms with van der Waals surface area (Å²) in [6.45, 7) is 3.11. The quantitative estimate of drug-likeness (QED) is 0.419. The third kappa shape index (κ3) is 5.65. The zero-order chi connectivity index (χ0) is 20.8. The molecule has 150 valence electrons. The molecule has 0 aliphatic rings. The highest BCUT2D eigenvalue weighted by Gasteiger charge is 2.21. The number of thiazole rings is 1. The van der Waals surface area contributed by atoms with Crippen molar-refractivity contribution in [1.29, 1.82) is 0 Å². The first-order valence-electron chi connectivity index (χ1n) is 8.81. The summed E-state index contributed by atoms with van der Waals surface area (Å²) in [5, 5.41) is 4.51.